The second kappa shape index (κ2) is 2.21. The lowest BCUT2D eigenvalue weighted by Gasteiger charge is -1.95. The quantitative estimate of drug-likeness (QED) is 0.727. The smallest absolute Gasteiger partial charge is 0.321 e. The maximum absolute atomic E-state index is 4.94. The molecule has 0 radical (unpaired) electrons. The molecule has 1 unspecified atom stereocenters. The predicted molar refractivity (Wildman–Crippen MR) is 45.0 cm³/mol. The summed E-state index contributed by atoms with van der Waals surface area (Å²) in [6.45, 7) is 4.43. The van der Waals surface area contributed by atoms with Crippen LogP contribution >= 0.6 is 0 Å². The molecule has 1 N–H and O–H groups in total. The Balaban J connectivity index is 2.15. The second-order valence-electron chi connectivity index (χ2n) is 3.95. The molecule has 1 fully saturated rings. The first-order chi connectivity index (χ1) is 5.63. The van der Waals surface area contributed by atoms with Gasteiger partial charge in [0.2, 0.25) is 0 Å². The Labute approximate surface area is 71.4 Å². The molecule has 66 valence electrons. The third kappa shape index (κ3) is 1.07. The molecule has 1 atom stereocenters. The summed E-state index contributed by atoms with van der Waals surface area (Å²) in [5.41, 5.74) is 0.370. The van der Waals surface area contributed by atoms with E-state index in [1.807, 2.05) is 0 Å². The highest BCUT2D eigenvalue weighted by molar-refractivity contribution is 5.22. The number of anilines is 1. The van der Waals surface area contributed by atoms with Crippen LogP contribution in [0.2, 0.25) is 0 Å². The summed E-state index contributed by atoms with van der Waals surface area (Å²) < 4.78 is 4.94. The summed E-state index contributed by atoms with van der Waals surface area (Å²) in [6.07, 6.45) is 1.16. The van der Waals surface area contributed by atoms with E-state index in [9.17, 15) is 0 Å². The molecule has 12 heavy (non-hydrogen) atoms. The summed E-state index contributed by atoms with van der Waals surface area (Å²) in [5.74, 6) is 1.33. The molecule has 4 nitrogen and oxygen atoms in total. The molecule has 1 aliphatic rings. The molecule has 0 aliphatic heterocycles. The molecule has 0 amide bonds. The van der Waals surface area contributed by atoms with Crippen molar-refractivity contribution >= 4 is 6.01 Å². The third-order valence-corrected chi connectivity index (χ3v) is 2.48. The van der Waals surface area contributed by atoms with Crippen LogP contribution in [0.1, 0.15) is 32.0 Å². The minimum absolute atomic E-state index is 0.370. The molecule has 1 aromatic rings. The Kier molecular flexibility index (Phi) is 1.40. The van der Waals surface area contributed by atoms with Crippen molar-refractivity contribution in [3.05, 3.63) is 5.82 Å². The van der Waals surface area contributed by atoms with Crippen LogP contribution < -0.4 is 5.32 Å². The van der Waals surface area contributed by atoms with Gasteiger partial charge in [0.15, 0.2) is 5.82 Å². The molecule has 0 aromatic carbocycles. The monoisotopic (exact) mass is 167 g/mol. The summed E-state index contributed by atoms with van der Waals surface area (Å²) in [7, 11) is 1.77. The molecule has 0 bridgehead atoms. The number of hydrogen-bond acceptors (Lipinski definition) is 4. The van der Waals surface area contributed by atoms with E-state index in [2.05, 4.69) is 29.3 Å². The van der Waals surface area contributed by atoms with Gasteiger partial charge in [-0.1, -0.05) is 19.0 Å². The van der Waals surface area contributed by atoms with E-state index in [0.717, 1.165) is 12.2 Å². The van der Waals surface area contributed by atoms with Gasteiger partial charge >= 0.3 is 6.01 Å². The second-order valence-corrected chi connectivity index (χ2v) is 3.95. The van der Waals surface area contributed by atoms with Crippen LogP contribution in [0.5, 0.6) is 0 Å². The van der Waals surface area contributed by atoms with Crippen LogP contribution in [0.4, 0.5) is 6.01 Å². The van der Waals surface area contributed by atoms with E-state index in [4.69, 9.17) is 4.52 Å². The molecule has 1 aliphatic carbocycles. The van der Waals surface area contributed by atoms with E-state index < -0.39 is 0 Å². The van der Waals surface area contributed by atoms with Crippen molar-refractivity contribution in [1.82, 2.24) is 10.1 Å². The fourth-order valence-corrected chi connectivity index (χ4v) is 1.39. The summed E-state index contributed by atoms with van der Waals surface area (Å²) >= 11 is 0. The minimum Gasteiger partial charge on any atom is -0.341 e. The number of hydrogen-bond donors (Lipinski definition) is 1. The van der Waals surface area contributed by atoms with E-state index in [1.54, 1.807) is 7.05 Å². The Hall–Kier alpha value is -1.06. The molecule has 1 saturated carbocycles. The normalized spacial score (nSPS) is 25.4. The highest BCUT2D eigenvalue weighted by atomic mass is 16.5. The van der Waals surface area contributed by atoms with Crippen molar-refractivity contribution in [2.24, 2.45) is 5.41 Å². The zero-order valence-corrected chi connectivity index (χ0v) is 7.59. The largest absolute Gasteiger partial charge is 0.341 e. The van der Waals surface area contributed by atoms with Crippen LogP contribution in [-0.4, -0.2) is 17.2 Å². The van der Waals surface area contributed by atoms with E-state index in [0.29, 0.717) is 17.3 Å². The molecular formula is C8H13N3O. The number of nitrogens with zero attached hydrogens (tertiary/aromatic N) is 2. The van der Waals surface area contributed by atoms with Gasteiger partial charge in [-0.2, -0.15) is 4.98 Å². The van der Waals surface area contributed by atoms with Gasteiger partial charge in [-0.05, 0) is 11.8 Å². The lowest BCUT2D eigenvalue weighted by Crippen LogP contribution is -1.92. The molecule has 1 aromatic heterocycles. The fraction of sp³-hybridized carbons (Fsp3) is 0.750. The predicted octanol–water partition coefficient (Wildman–Crippen LogP) is 1.62. The highest BCUT2D eigenvalue weighted by Gasteiger charge is 2.49. The molecule has 4 heteroatoms. The third-order valence-electron chi connectivity index (χ3n) is 2.48. The van der Waals surface area contributed by atoms with Crippen LogP contribution in [0, 0.1) is 5.41 Å². The first-order valence-corrected chi connectivity index (χ1v) is 4.15. The first kappa shape index (κ1) is 7.58. The Bertz CT molecular complexity index is 292. The van der Waals surface area contributed by atoms with Crippen LogP contribution in [0.3, 0.4) is 0 Å². The topological polar surface area (TPSA) is 51.0 Å². The van der Waals surface area contributed by atoms with Gasteiger partial charge in [0, 0.05) is 13.0 Å². The van der Waals surface area contributed by atoms with Gasteiger partial charge in [0.05, 0.1) is 0 Å². The van der Waals surface area contributed by atoms with Crippen molar-refractivity contribution < 1.29 is 4.52 Å². The molecule has 0 saturated heterocycles. The maximum Gasteiger partial charge on any atom is 0.321 e. The maximum atomic E-state index is 4.94. The number of nitrogens with one attached hydrogen (secondary N) is 1. The van der Waals surface area contributed by atoms with Crippen LogP contribution in [-0.2, 0) is 0 Å². The van der Waals surface area contributed by atoms with Crippen molar-refractivity contribution in [2.45, 2.75) is 26.2 Å². The van der Waals surface area contributed by atoms with Crippen molar-refractivity contribution in [3.8, 4) is 0 Å². The zero-order chi connectivity index (χ0) is 8.77. The van der Waals surface area contributed by atoms with Gasteiger partial charge < -0.3 is 9.84 Å². The summed E-state index contributed by atoms with van der Waals surface area (Å²) in [6, 6.07) is 0.507. The summed E-state index contributed by atoms with van der Waals surface area (Å²) in [4.78, 5) is 4.20. The average molecular weight is 167 g/mol. The molecule has 1 heterocycles. The van der Waals surface area contributed by atoms with Gasteiger partial charge in [-0.3, -0.25) is 0 Å². The van der Waals surface area contributed by atoms with Crippen LogP contribution in [0.15, 0.2) is 4.52 Å². The van der Waals surface area contributed by atoms with E-state index in [1.165, 1.54) is 0 Å². The van der Waals surface area contributed by atoms with Gasteiger partial charge in [-0.15, -0.1) is 0 Å². The Morgan fingerprint density at radius 3 is 2.67 bits per heavy atom. The van der Waals surface area contributed by atoms with Crippen molar-refractivity contribution in [3.63, 3.8) is 0 Å². The van der Waals surface area contributed by atoms with E-state index in [-0.39, 0.29) is 0 Å². The Morgan fingerprint density at radius 2 is 2.25 bits per heavy atom. The first-order valence-electron chi connectivity index (χ1n) is 4.15. The lowest BCUT2D eigenvalue weighted by atomic mass is 10.1. The minimum atomic E-state index is 0.370. The molecule has 2 rings (SSSR count). The highest BCUT2D eigenvalue weighted by Crippen LogP contribution is 2.57. The zero-order valence-electron chi connectivity index (χ0n) is 7.59. The van der Waals surface area contributed by atoms with Gasteiger partial charge in [-0.25, -0.2) is 0 Å². The fourth-order valence-electron chi connectivity index (χ4n) is 1.39. The SMILES string of the molecule is CNc1nc(C2CC2(C)C)no1. The Morgan fingerprint density at radius 1 is 1.58 bits per heavy atom. The molecule has 0 spiro atoms. The molecular weight excluding hydrogens is 154 g/mol. The van der Waals surface area contributed by atoms with Crippen molar-refractivity contribution in [2.75, 3.05) is 12.4 Å². The van der Waals surface area contributed by atoms with E-state index >= 15 is 0 Å². The lowest BCUT2D eigenvalue weighted by molar-refractivity contribution is 0.421. The standard InChI is InChI=1S/C8H13N3O/c1-8(2)4-5(8)6-10-7(9-3)12-11-6/h5H,4H2,1-3H3,(H,9,10,11). The van der Waals surface area contributed by atoms with Crippen LogP contribution in [0.25, 0.3) is 0 Å². The van der Waals surface area contributed by atoms with Gasteiger partial charge in [0.1, 0.15) is 0 Å². The summed E-state index contributed by atoms with van der Waals surface area (Å²) in [5, 5.41) is 6.71. The number of rotatable bonds is 2. The van der Waals surface area contributed by atoms with Gasteiger partial charge in [0.25, 0.3) is 0 Å². The van der Waals surface area contributed by atoms with Crippen molar-refractivity contribution in [1.29, 1.82) is 0 Å². The average Bonchev–Trinajstić information content (AvgIpc) is 2.52. The number of aromatic nitrogens is 2.